The molecule has 0 spiro atoms. The fraction of sp³-hybridized carbons (Fsp3) is 0.579. The minimum Gasteiger partial charge on any atom is -0.455 e. The highest BCUT2D eigenvalue weighted by Crippen LogP contribution is 2.31. The molecule has 1 atom stereocenters. The molecule has 1 aliphatic heterocycles. The standard InChI is InChI=1S/C19H27N3O5/c1-3-6-14(2)20-18(23)13-27-19(24)15-9-11-21(12-10-15)16-7-4-5-8-17(16)22(25)26/h4-5,7-8,14-15H,3,6,9-13H2,1-2H3,(H,20,23)/t14-/m1/s1. The van der Waals surface area contributed by atoms with E-state index in [2.05, 4.69) is 5.32 Å². The molecular weight excluding hydrogens is 350 g/mol. The van der Waals surface area contributed by atoms with E-state index in [-0.39, 0.29) is 36.1 Å². The summed E-state index contributed by atoms with van der Waals surface area (Å²) in [5, 5.41) is 14.0. The third-order valence-electron chi connectivity index (χ3n) is 4.72. The number of nitrogens with zero attached hydrogens (tertiary/aromatic N) is 2. The number of ether oxygens (including phenoxy) is 1. The summed E-state index contributed by atoms with van der Waals surface area (Å²) in [4.78, 5) is 36.7. The molecule has 0 aromatic heterocycles. The van der Waals surface area contributed by atoms with Gasteiger partial charge in [0.1, 0.15) is 5.69 Å². The van der Waals surface area contributed by atoms with Crippen LogP contribution < -0.4 is 10.2 Å². The molecule has 0 bridgehead atoms. The lowest BCUT2D eigenvalue weighted by Gasteiger charge is -2.32. The number of piperidine rings is 1. The van der Waals surface area contributed by atoms with Gasteiger partial charge in [0.15, 0.2) is 6.61 Å². The number of esters is 1. The van der Waals surface area contributed by atoms with Crippen molar-refractivity contribution in [1.82, 2.24) is 5.32 Å². The molecule has 1 aliphatic rings. The van der Waals surface area contributed by atoms with Crippen LogP contribution in [0.5, 0.6) is 0 Å². The Labute approximate surface area is 159 Å². The maximum absolute atomic E-state index is 12.2. The molecule has 1 heterocycles. The summed E-state index contributed by atoms with van der Waals surface area (Å²) in [6, 6.07) is 6.66. The lowest BCUT2D eigenvalue weighted by molar-refractivity contribution is -0.384. The van der Waals surface area contributed by atoms with E-state index in [9.17, 15) is 19.7 Å². The van der Waals surface area contributed by atoms with Gasteiger partial charge in [0.2, 0.25) is 0 Å². The van der Waals surface area contributed by atoms with E-state index in [1.165, 1.54) is 6.07 Å². The number of benzene rings is 1. The van der Waals surface area contributed by atoms with Crippen molar-refractivity contribution in [3.63, 3.8) is 0 Å². The normalized spacial score (nSPS) is 15.9. The molecule has 1 fully saturated rings. The van der Waals surface area contributed by atoms with Crippen molar-refractivity contribution in [1.29, 1.82) is 0 Å². The molecule has 0 aliphatic carbocycles. The molecule has 1 N–H and O–H groups in total. The van der Waals surface area contributed by atoms with Crippen LogP contribution in [0.1, 0.15) is 39.5 Å². The Morgan fingerprint density at radius 3 is 2.63 bits per heavy atom. The Kier molecular flexibility index (Phi) is 7.57. The number of nitrogens with one attached hydrogen (secondary N) is 1. The number of rotatable bonds is 8. The lowest BCUT2D eigenvalue weighted by atomic mass is 9.96. The van der Waals surface area contributed by atoms with Gasteiger partial charge in [-0.25, -0.2) is 0 Å². The highest BCUT2D eigenvalue weighted by Gasteiger charge is 2.29. The summed E-state index contributed by atoms with van der Waals surface area (Å²) >= 11 is 0. The van der Waals surface area contributed by atoms with Crippen molar-refractivity contribution in [3.8, 4) is 0 Å². The first-order valence-electron chi connectivity index (χ1n) is 9.36. The topological polar surface area (TPSA) is 102 Å². The number of nitro benzene ring substituents is 1. The highest BCUT2D eigenvalue weighted by molar-refractivity contribution is 5.81. The molecule has 0 radical (unpaired) electrons. The number of carbonyl (C=O) groups is 2. The quantitative estimate of drug-likeness (QED) is 0.424. The van der Waals surface area contributed by atoms with E-state index in [0.717, 1.165) is 12.8 Å². The van der Waals surface area contributed by atoms with Crippen LogP contribution in [-0.2, 0) is 14.3 Å². The number of hydrogen-bond donors (Lipinski definition) is 1. The summed E-state index contributed by atoms with van der Waals surface area (Å²) in [5.41, 5.74) is 0.634. The number of para-hydroxylation sites is 2. The Hall–Kier alpha value is -2.64. The fourth-order valence-corrected chi connectivity index (χ4v) is 3.32. The average molecular weight is 377 g/mol. The van der Waals surface area contributed by atoms with Crippen molar-refractivity contribution >= 4 is 23.3 Å². The van der Waals surface area contributed by atoms with Crippen LogP contribution in [0.15, 0.2) is 24.3 Å². The van der Waals surface area contributed by atoms with E-state index in [0.29, 0.717) is 31.6 Å². The summed E-state index contributed by atoms with van der Waals surface area (Å²) in [6.07, 6.45) is 2.93. The first-order valence-corrected chi connectivity index (χ1v) is 9.36. The predicted molar refractivity (Wildman–Crippen MR) is 102 cm³/mol. The van der Waals surface area contributed by atoms with Gasteiger partial charge in [-0.3, -0.25) is 19.7 Å². The van der Waals surface area contributed by atoms with Crippen LogP contribution >= 0.6 is 0 Å². The van der Waals surface area contributed by atoms with Gasteiger partial charge < -0.3 is 15.0 Å². The molecule has 0 unspecified atom stereocenters. The first kappa shape index (κ1) is 20.7. The largest absolute Gasteiger partial charge is 0.455 e. The van der Waals surface area contributed by atoms with E-state index >= 15 is 0 Å². The monoisotopic (exact) mass is 377 g/mol. The van der Waals surface area contributed by atoms with Gasteiger partial charge in [-0.2, -0.15) is 0 Å². The molecule has 1 saturated heterocycles. The zero-order valence-electron chi connectivity index (χ0n) is 15.8. The summed E-state index contributed by atoms with van der Waals surface area (Å²) < 4.78 is 5.15. The fourth-order valence-electron chi connectivity index (χ4n) is 3.32. The van der Waals surface area contributed by atoms with Crippen LogP contribution in [0.2, 0.25) is 0 Å². The van der Waals surface area contributed by atoms with Gasteiger partial charge in [-0.1, -0.05) is 25.5 Å². The average Bonchev–Trinajstić information content (AvgIpc) is 2.66. The molecular formula is C19H27N3O5. The molecule has 2 rings (SSSR count). The zero-order valence-corrected chi connectivity index (χ0v) is 15.8. The van der Waals surface area contributed by atoms with Gasteiger partial charge in [-0.05, 0) is 32.3 Å². The van der Waals surface area contributed by atoms with Crippen LogP contribution in [-0.4, -0.2) is 42.5 Å². The van der Waals surface area contributed by atoms with Gasteiger partial charge in [-0.15, -0.1) is 0 Å². The maximum atomic E-state index is 12.2. The van der Waals surface area contributed by atoms with E-state index in [1.807, 2.05) is 18.7 Å². The molecule has 1 aromatic carbocycles. The van der Waals surface area contributed by atoms with Crippen molar-refractivity contribution in [2.24, 2.45) is 5.92 Å². The lowest BCUT2D eigenvalue weighted by Crippen LogP contribution is -2.39. The first-order chi connectivity index (χ1) is 12.9. The molecule has 1 aromatic rings. The zero-order chi connectivity index (χ0) is 19.8. The molecule has 8 nitrogen and oxygen atoms in total. The summed E-state index contributed by atoms with van der Waals surface area (Å²) in [7, 11) is 0. The van der Waals surface area contributed by atoms with Crippen LogP contribution in [0.25, 0.3) is 0 Å². The van der Waals surface area contributed by atoms with Crippen LogP contribution in [0, 0.1) is 16.0 Å². The number of amides is 1. The van der Waals surface area contributed by atoms with Crippen LogP contribution in [0.4, 0.5) is 11.4 Å². The Morgan fingerprint density at radius 1 is 1.33 bits per heavy atom. The van der Waals surface area contributed by atoms with Gasteiger partial charge in [0.25, 0.3) is 11.6 Å². The van der Waals surface area contributed by atoms with Crippen LogP contribution in [0.3, 0.4) is 0 Å². The third kappa shape index (κ3) is 5.94. The number of carbonyl (C=O) groups excluding carboxylic acids is 2. The predicted octanol–water partition coefficient (Wildman–Crippen LogP) is 2.66. The maximum Gasteiger partial charge on any atom is 0.309 e. The Bertz CT molecular complexity index is 671. The van der Waals surface area contributed by atoms with E-state index in [1.54, 1.807) is 18.2 Å². The van der Waals surface area contributed by atoms with Gasteiger partial charge in [0.05, 0.1) is 10.8 Å². The number of anilines is 1. The molecule has 1 amide bonds. The number of hydrogen-bond acceptors (Lipinski definition) is 6. The Balaban J connectivity index is 1.81. The molecule has 8 heteroatoms. The van der Waals surface area contributed by atoms with Crippen molar-refractivity contribution < 1.29 is 19.2 Å². The molecule has 148 valence electrons. The van der Waals surface area contributed by atoms with Crippen molar-refractivity contribution in [2.75, 3.05) is 24.6 Å². The van der Waals surface area contributed by atoms with E-state index in [4.69, 9.17) is 4.74 Å². The van der Waals surface area contributed by atoms with Crippen molar-refractivity contribution in [2.45, 2.75) is 45.6 Å². The van der Waals surface area contributed by atoms with Gasteiger partial charge >= 0.3 is 5.97 Å². The minimum absolute atomic E-state index is 0.0612. The SMILES string of the molecule is CCC[C@@H](C)NC(=O)COC(=O)C1CCN(c2ccccc2[N+](=O)[O-])CC1. The second-order valence-electron chi connectivity index (χ2n) is 6.87. The Morgan fingerprint density at radius 2 is 2.00 bits per heavy atom. The second-order valence-corrected chi connectivity index (χ2v) is 6.87. The van der Waals surface area contributed by atoms with E-state index < -0.39 is 4.92 Å². The van der Waals surface area contributed by atoms with Crippen molar-refractivity contribution in [3.05, 3.63) is 34.4 Å². The highest BCUT2D eigenvalue weighted by atomic mass is 16.6. The smallest absolute Gasteiger partial charge is 0.309 e. The molecule has 0 saturated carbocycles. The third-order valence-corrected chi connectivity index (χ3v) is 4.72. The minimum atomic E-state index is -0.395. The summed E-state index contributed by atoms with van der Waals surface area (Å²) in [5.74, 6) is -0.956. The van der Waals surface area contributed by atoms with Gasteiger partial charge in [0, 0.05) is 25.2 Å². The molecule has 27 heavy (non-hydrogen) atoms. The second kappa shape index (κ2) is 9.89. The summed E-state index contributed by atoms with van der Waals surface area (Å²) in [6.45, 7) is 4.76. The number of nitro groups is 1.